The van der Waals surface area contributed by atoms with Crippen LogP contribution in [-0.4, -0.2) is 37.4 Å². The summed E-state index contributed by atoms with van der Waals surface area (Å²) in [5, 5.41) is 4.15. The summed E-state index contributed by atoms with van der Waals surface area (Å²) in [5.41, 5.74) is 4.83. The van der Waals surface area contributed by atoms with Crippen molar-refractivity contribution in [2.75, 3.05) is 13.1 Å². The Bertz CT molecular complexity index is 966. The Morgan fingerprint density at radius 3 is 2.48 bits per heavy atom. The van der Waals surface area contributed by atoms with Crippen molar-refractivity contribution in [1.29, 1.82) is 0 Å². The molecule has 1 aliphatic heterocycles. The highest BCUT2D eigenvalue weighted by atomic mass is 32.2. The molecular formula is C22H27N3O3S. The topological polar surface area (TPSA) is 78.8 Å². The standard InChI is InChI=1S/C22H27N3O3S/c1-18(13-14-19-9-4-2-5-10-19)23-24-22(26)20-11-8-12-21(17-20)29(27,28)25-15-6-3-7-16-25/h2,4-5,8-12,17H,3,6-7,13-16H2,1H3,(H,24,26)/b23-18-. The highest BCUT2D eigenvalue weighted by Gasteiger charge is 2.26. The monoisotopic (exact) mass is 413 g/mol. The van der Waals surface area contributed by atoms with Gasteiger partial charge in [-0.15, -0.1) is 0 Å². The fraction of sp³-hybridized carbons (Fsp3) is 0.364. The summed E-state index contributed by atoms with van der Waals surface area (Å²) in [6.07, 6.45) is 4.37. The summed E-state index contributed by atoms with van der Waals surface area (Å²) in [5.74, 6) is -0.417. The smallest absolute Gasteiger partial charge is 0.267 e. The third-order valence-electron chi connectivity index (χ3n) is 5.02. The molecule has 2 aromatic carbocycles. The average molecular weight is 414 g/mol. The molecule has 3 rings (SSSR count). The van der Waals surface area contributed by atoms with Crippen molar-refractivity contribution in [2.24, 2.45) is 5.10 Å². The van der Waals surface area contributed by atoms with Gasteiger partial charge >= 0.3 is 0 Å². The van der Waals surface area contributed by atoms with E-state index < -0.39 is 15.9 Å². The number of benzene rings is 2. The molecule has 1 amide bonds. The van der Waals surface area contributed by atoms with E-state index in [4.69, 9.17) is 0 Å². The molecule has 0 radical (unpaired) electrons. The zero-order valence-corrected chi connectivity index (χ0v) is 17.5. The van der Waals surface area contributed by atoms with Gasteiger partial charge in [0, 0.05) is 24.4 Å². The molecule has 29 heavy (non-hydrogen) atoms. The number of aryl methyl sites for hydroxylation is 1. The summed E-state index contributed by atoms with van der Waals surface area (Å²) in [6, 6.07) is 16.2. The molecule has 0 spiro atoms. The molecule has 0 aromatic heterocycles. The number of nitrogens with one attached hydrogen (secondary N) is 1. The van der Waals surface area contributed by atoms with Crippen LogP contribution in [-0.2, 0) is 16.4 Å². The van der Waals surface area contributed by atoms with Gasteiger partial charge in [-0.3, -0.25) is 4.79 Å². The van der Waals surface area contributed by atoms with Gasteiger partial charge in [0.2, 0.25) is 10.0 Å². The molecule has 1 aliphatic rings. The molecule has 0 bridgehead atoms. The Morgan fingerprint density at radius 1 is 1.03 bits per heavy atom. The first-order valence-corrected chi connectivity index (χ1v) is 11.4. The number of hydrogen-bond donors (Lipinski definition) is 1. The van der Waals surface area contributed by atoms with Crippen LogP contribution in [0.2, 0.25) is 0 Å². The van der Waals surface area contributed by atoms with Crippen molar-refractivity contribution in [3.8, 4) is 0 Å². The minimum Gasteiger partial charge on any atom is -0.267 e. The van der Waals surface area contributed by atoms with E-state index >= 15 is 0 Å². The molecule has 1 heterocycles. The number of rotatable bonds is 7. The highest BCUT2D eigenvalue weighted by molar-refractivity contribution is 7.89. The highest BCUT2D eigenvalue weighted by Crippen LogP contribution is 2.21. The quantitative estimate of drug-likeness (QED) is 0.556. The molecule has 0 unspecified atom stereocenters. The first-order valence-electron chi connectivity index (χ1n) is 9.94. The van der Waals surface area contributed by atoms with Crippen LogP contribution in [0.3, 0.4) is 0 Å². The van der Waals surface area contributed by atoms with Crippen LogP contribution in [0, 0.1) is 0 Å². The lowest BCUT2D eigenvalue weighted by Gasteiger charge is -2.25. The number of amides is 1. The van der Waals surface area contributed by atoms with Gasteiger partial charge in [-0.1, -0.05) is 42.8 Å². The van der Waals surface area contributed by atoms with E-state index in [-0.39, 0.29) is 10.5 Å². The Balaban J connectivity index is 1.63. The molecule has 6 nitrogen and oxygen atoms in total. The lowest BCUT2D eigenvalue weighted by molar-refractivity contribution is 0.0954. The number of piperidine rings is 1. The van der Waals surface area contributed by atoms with E-state index in [1.807, 2.05) is 25.1 Å². The first kappa shape index (κ1) is 21.2. The van der Waals surface area contributed by atoms with Crippen LogP contribution in [0.1, 0.15) is 48.5 Å². The Labute approximate surface area is 172 Å². The molecule has 154 valence electrons. The van der Waals surface area contributed by atoms with E-state index in [9.17, 15) is 13.2 Å². The summed E-state index contributed by atoms with van der Waals surface area (Å²) in [4.78, 5) is 12.6. The Kier molecular flexibility index (Phi) is 7.17. The number of carbonyl (C=O) groups excluding carboxylic acids is 1. The van der Waals surface area contributed by atoms with Crippen molar-refractivity contribution in [2.45, 2.75) is 43.9 Å². The van der Waals surface area contributed by atoms with Crippen molar-refractivity contribution in [3.05, 3.63) is 65.7 Å². The summed E-state index contributed by atoms with van der Waals surface area (Å²) < 4.78 is 27.1. The number of sulfonamides is 1. The zero-order valence-electron chi connectivity index (χ0n) is 16.7. The van der Waals surface area contributed by atoms with Gasteiger partial charge in [-0.05, 0) is 56.4 Å². The maximum atomic E-state index is 12.8. The summed E-state index contributed by atoms with van der Waals surface area (Å²) >= 11 is 0. The van der Waals surface area contributed by atoms with Crippen molar-refractivity contribution >= 4 is 21.6 Å². The number of carbonyl (C=O) groups is 1. The van der Waals surface area contributed by atoms with Crippen LogP contribution in [0.5, 0.6) is 0 Å². The number of hydrazone groups is 1. The van der Waals surface area contributed by atoms with Crippen LogP contribution in [0.15, 0.2) is 64.6 Å². The summed E-state index contributed by atoms with van der Waals surface area (Å²) in [6.45, 7) is 2.92. The van der Waals surface area contributed by atoms with Gasteiger partial charge in [-0.2, -0.15) is 9.41 Å². The van der Waals surface area contributed by atoms with Crippen LogP contribution in [0.4, 0.5) is 0 Å². The third kappa shape index (κ3) is 5.74. The molecule has 1 fully saturated rings. The van der Waals surface area contributed by atoms with E-state index in [0.29, 0.717) is 13.1 Å². The van der Waals surface area contributed by atoms with Crippen LogP contribution < -0.4 is 5.43 Å². The minimum atomic E-state index is -3.57. The molecule has 2 aromatic rings. The van der Waals surface area contributed by atoms with Gasteiger partial charge in [0.15, 0.2) is 0 Å². The largest absolute Gasteiger partial charge is 0.271 e. The molecule has 0 saturated carbocycles. The third-order valence-corrected chi connectivity index (χ3v) is 6.91. The van der Waals surface area contributed by atoms with Crippen LogP contribution in [0.25, 0.3) is 0 Å². The fourth-order valence-corrected chi connectivity index (χ4v) is 4.85. The van der Waals surface area contributed by atoms with Gasteiger partial charge < -0.3 is 0 Å². The number of nitrogens with zero attached hydrogens (tertiary/aromatic N) is 2. The Hall–Kier alpha value is -2.51. The van der Waals surface area contributed by atoms with Gasteiger partial charge in [0.25, 0.3) is 5.91 Å². The summed E-state index contributed by atoms with van der Waals surface area (Å²) in [7, 11) is -3.57. The predicted octanol–water partition coefficient (Wildman–Crippen LogP) is 3.60. The first-order chi connectivity index (χ1) is 14.0. The molecular weight excluding hydrogens is 386 g/mol. The normalized spacial score (nSPS) is 15.8. The second kappa shape index (κ2) is 9.80. The predicted molar refractivity (Wildman–Crippen MR) is 114 cm³/mol. The minimum absolute atomic E-state index is 0.150. The lowest BCUT2D eigenvalue weighted by Crippen LogP contribution is -2.35. The Morgan fingerprint density at radius 2 is 1.76 bits per heavy atom. The molecule has 1 N–H and O–H groups in total. The van der Waals surface area contributed by atoms with E-state index in [2.05, 4.69) is 22.7 Å². The number of hydrogen-bond acceptors (Lipinski definition) is 4. The molecule has 7 heteroatoms. The van der Waals surface area contributed by atoms with Gasteiger partial charge in [0.1, 0.15) is 0 Å². The van der Waals surface area contributed by atoms with E-state index in [1.54, 1.807) is 12.1 Å². The second-order valence-corrected chi connectivity index (χ2v) is 9.20. The van der Waals surface area contributed by atoms with Crippen molar-refractivity contribution in [3.63, 3.8) is 0 Å². The molecule has 0 aliphatic carbocycles. The maximum absolute atomic E-state index is 12.8. The van der Waals surface area contributed by atoms with Crippen molar-refractivity contribution < 1.29 is 13.2 Å². The van der Waals surface area contributed by atoms with Gasteiger partial charge in [-0.25, -0.2) is 13.8 Å². The molecule has 0 atom stereocenters. The van der Waals surface area contributed by atoms with E-state index in [1.165, 1.54) is 22.0 Å². The average Bonchev–Trinajstić information content (AvgIpc) is 2.77. The second-order valence-electron chi connectivity index (χ2n) is 7.27. The maximum Gasteiger partial charge on any atom is 0.271 e. The molecule has 1 saturated heterocycles. The SMILES string of the molecule is C/C(CCc1ccccc1)=N/NC(=O)c1cccc(S(=O)(=O)N2CCCCC2)c1. The van der Waals surface area contributed by atoms with E-state index in [0.717, 1.165) is 37.8 Å². The van der Waals surface area contributed by atoms with Crippen molar-refractivity contribution in [1.82, 2.24) is 9.73 Å². The van der Waals surface area contributed by atoms with Crippen LogP contribution >= 0.6 is 0 Å². The van der Waals surface area contributed by atoms with Gasteiger partial charge in [0.05, 0.1) is 4.90 Å². The lowest BCUT2D eigenvalue weighted by atomic mass is 10.1. The fourth-order valence-electron chi connectivity index (χ4n) is 3.29. The zero-order chi connectivity index (χ0) is 20.7.